The summed E-state index contributed by atoms with van der Waals surface area (Å²) in [5.74, 6) is 0.796. The number of fused-ring (bicyclic) bond motifs is 1. The average molecular weight is 322 g/mol. The van der Waals surface area contributed by atoms with Gasteiger partial charge in [0.15, 0.2) is 0 Å². The number of benzene rings is 2. The summed E-state index contributed by atoms with van der Waals surface area (Å²) < 4.78 is 10.8. The van der Waals surface area contributed by atoms with Gasteiger partial charge in [0.25, 0.3) is 0 Å². The second-order valence-electron chi connectivity index (χ2n) is 6.25. The van der Waals surface area contributed by atoms with Crippen LogP contribution < -0.4 is 10.4 Å². The zero-order valence-corrected chi connectivity index (χ0v) is 13.4. The highest BCUT2D eigenvalue weighted by molar-refractivity contribution is 5.89. The topological polar surface area (TPSA) is 59.7 Å². The van der Waals surface area contributed by atoms with E-state index in [1.807, 2.05) is 36.4 Å². The van der Waals surface area contributed by atoms with Crippen molar-refractivity contribution in [2.45, 2.75) is 25.2 Å². The number of methoxy groups -OCH3 is 1. The van der Waals surface area contributed by atoms with Crippen LogP contribution in [0, 0.1) is 0 Å². The van der Waals surface area contributed by atoms with Crippen LogP contribution in [-0.4, -0.2) is 12.2 Å². The summed E-state index contributed by atoms with van der Waals surface area (Å²) in [6, 6.07) is 13.5. The van der Waals surface area contributed by atoms with Crippen molar-refractivity contribution in [3.8, 4) is 11.5 Å². The first-order valence-corrected chi connectivity index (χ1v) is 8.08. The van der Waals surface area contributed by atoms with Gasteiger partial charge in [-0.05, 0) is 42.4 Å². The Labute approximate surface area is 139 Å². The van der Waals surface area contributed by atoms with Gasteiger partial charge in [-0.3, -0.25) is 0 Å². The number of hydrogen-bond donors (Lipinski definition) is 1. The first kappa shape index (κ1) is 14.8. The van der Waals surface area contributed by atoms with E-state index in [1.54, 1.807) is 13.2 Å². The Balaban J connectivity index is 1.96. The molecule has 1 heterocycles. The molecule has 1 N–H and O–H groups in total. The maximum Gasteiger partial charge on any atom is 0.343 e. The van der Waals surface area contributed by atoms with Gasteiger partial charge >= 0.3 is 5.63 Å². The molecule has 3 aromatic rings. The molecule has 1 aromatic heterocycles. The van der Waals surface area contributed by atoms with E-state index in [4.69, 9.17) is 9.15 Å². The van der Waals surface area contributed by atoms with Gasteiger partial charge in [-0.2, -0.15) is 0 Å². The quantitative estimate of drug-likeness (QED) is 0.738. The van der Waals surface area contributed by atoms with Crippen LogP contribution in [0.4, 0.5) is 0 Å². The van der Waals surface area contributed by atoms with Crippen LogP contribution in [0.3, 0.4) is 0 Å². The van der Waals surface area contributed by atoms with E-state index in [0.29, 0.717) is 28.7 Å². The molecule has 0 aliphatic heterocycles. The molecule has 0 spiro atoms. The minimum atomic E-state index is -0.443. The molecule has 0 atom stereocenters. The Morgan fingerprint density at radius 3 is 2.62 bits per heavy atom. The molecule has 2 aromatic carbocycles. The molecule has 0 amide bonds. The van der Waals surface area contributed by atoms with Crippen molar-refractivity contribution < 1.29 is 14.3 Å². The van der Waals surface area contributed by atoms with Crippen molar-refractivity contribution in [1.82, 2.24) is 0 Å². The summed E-state index contributed by atoms with van der Waals surface area (Å²) in [6.07, 6.45) is 2.47. The largest absolute Gasteiger partial charge is 0.507 e. The summed E-state index contributed by atoms with van der Waals surface area (Å²) >= 11 is 0. The summed E-state index contributed by atoms with van der Waals surface area (Å²) in [6.45, 7) is 0. The molecule has 1 aliphatic rings. The molecular formula is C20H18O4. The number of aromatic hydroxyl groups is 1. The van der Waals surface area contributed by atoms with Gasteiger partial charge in [-0.25, -0.2) is 4.79 Å². The second kappa shape index (κ2) is 5.71. The maximum atomic E-state index is 12.2. The van der Waals surface area contributed by atoms with Crippen LogP contribution in [0.1, 0.15) is 35.4 Å². The average Bonchev–Trinajstić information content (AvgIpc) is 3.40. The van der Waals surface area contributed by atoms with Gasteiger partial charge < -0.3 is 14.3 Å². The number of rotatable bonds is 4. The van der Waals surface area contributed by atoms with E-state index in [0.717, 1.165) is 24.0 Å². The third-order valence-corrected chi connectivity index (χ3v) is 4.53. The van der Waals surface area contributed by atoms with Crippen LogP contribution in [0.25, 0.3) is 11.0 Å². The SMILES string of the molecule is COc1cc(Cc2ccccc2)c2c(O)c(C3CC3)c(=O)oc2c1. The molecule has 24 heavy (non-hydrogen) atoms. The van der Waals surface area contributed by atoms with E-state index in [2.05, 4.69) is 0 Å². The monoisotopic (exact) mass is 322 g/mol. The summed E-state index contributed by atoms with van der Waals surface area (Å²) in [4.78, 5) is 12.2. The minimum absolute atomic E-state index is 0.0670. The summed E-state index contributed by atoms with van der Waals surface area (Å²) in [7, 11) is 1.57. The maximum absolute atomic E-state index is 12.2. The fourth-order valence-electron chi connectivity index (χ4n) is 3.19. The molecule has 1 saturated carbocycles. The molecule has 0 radical (unpaired) electrons. The predicted octanol–water partition coefficient (Wildman–Crippen LogP) is 3.98. The lowest BCUT2D eigenvalue weighted by Crippen LogP contribution is -2.07. The molecule has 4 rings (SSSR count). The minimum Gasteiger partial charge on any atom is -0.507 e. The highest BCUT2D eigenvalue weighted by Crippen LogP contribution is 2.45. The van der Waals surface area contributed by atoms with Crippen molar-refractivity contribution in [3.05, 3.63) is 69.6 Å². The first-order valence-electron chi connectivity index (χ1n) is 8.08. The van der Waals surface area contributed by atoms with Gasteiger partial charge in [0.2, 0.25) is 0 Å². The van der Waals surface area contributed by atoms with E-state index in [1.165, 1.54) is 0 Å². The Bertz CT molecular complexity index is 953. The van der Waals surface area contributed by atoms with Crippen molar-refractivity contribution in [1.29, 1.82) is 0 Å². The Kier molecular flexibility index (Phi) is 3.53. The third kappa shape index (κ3) is 2.54. The van der Waals surface area contributed by atoms with Gasteiger partial charge in [-0.1, -0.05) is 30.3 Å². The van der Waals surface area contributed by atoms with Crippen LogP contribution in [0.15, 0.2) is 51.7 Å². The Morgan fingerprint density at radius 1 is 1.21 bits per heavy atom. The summed E-state index contributed by atoms with van der Waals surface area (Å²) in [5.41, 5.74) is 2.35. The van der Waals surface area contributed by atoms with E-state index >= 15 is 0 Å². The van der Waals surface area contributed by atoms with E-state index in [-0.39, 0.29) is 11.7 Å². The zero-order valence-electron chi connectivity index (χ0n) is 13.4. The van der Waals surface area contributed by atoms with Crippen molar-refractivity contribution >= 4 is 11.0 Å². The van der Waals surface area contributed by atoms with Gasteiger partial charge in [0.1, 0.15) is 17.1 Å². The van der Waals surface area contributed by atoms with E-state index in [9.17, 15) is 9.90 Å². The Hall–Kier alpha value is -2.75. The Morgan fingerprint density at radius 2 is 1.96 bits per heavy atom. The lowest BCUT2D eigenvalue weighted by Gasteiger charge is -2.12. The highest BCUT2D eigenvalue weighted by atomic mass is 16.5. The van der Waals surface area contributed by atoms with Crippen molar-refractivity contribution in [2.24, 2.45) is 0 Å². The molecule has 0 saturated heterocycles. The fourth-order valence-corrected chi connectivity index (χ4v) is 3.19. The van der Waals surface area contributed by atoms with Crippen molar-refractivity contribution in [3.63, 3.8) is 0 Å². The standard InChI is InChI=1S/C20H18O4/c1-23-15-10-14(9-12-5-3-2-4-6-12)17-16(11-15)24-20(22)18(19(17)21)13-7-8-13/h2-6,10-11,13,21H,7-9H2,1H3. The van der Waals surface area contributed by atoms with Crippen LogP contribution in [0.5, 0.6) is 11.5 Å². The second-order valence-corrected chi connectivity index (χ2v) is 6.25. The lowest BCUT2D eigenvalue weighted by molar-refractivity contribution is 0.412. The molecule has 1 fully saturated rings. The predicted molar refractivity (Wildman–Crippen MR) is 91.9 cm³/mol. The molecule has 122 valence electrons. The molecule has 0 bridgehead atoms. The number of hydrogen-bond acceptors (Lipinski definition) is 4. The van der Waals surface area contributed by atoms with Crippen LogP contribution in [0.2, 0.25) is 0 Å². The fraction of sp³-hybridized carbons (Fsp3) is 0.250. The van der Waals surface area contributed by atoms with Crippen molar-refractivity contribution in [2.75, 3.05) is 7.11 Å². The molecule has 0 unspecified atom stereocenters. The highest BCUT2D eigenvalue weighted by Gasteiger charge is 2.32. The molecule has 1 aliphatic carbocycles. The van der Waals surface area contributed by atoms with Gasteiger partial charge in [0.05, 0.1) is 18.1 Å². The van der Waals surface area contributed by atoms with Gasteiger partial charge in [-0.15, -0.1) is 0 Å². The first-order chi connectivity index (χ1) is 11.7. The van der Waals surface area contributed by atoms with Crippen LogP contribution in [-0.2, 0) is 6.42 Å². The van der Waals surface area contributed by atoms with Gasteiger partial charge in [0, 0.05) is 6.07 Å². The molecule has 4 nitrogen and oxygen atoms in total. The normalized spacial score (nSPS) is 14.0. The molecule has 4 heteroatoms. The lowest BCUT2D eigenvalue weighted by atomic mass is 9.98. The van der Waals surface area contributed by atoms with Crippen LogP contribution >= 0.6 is 0 Å². The summed E-state index contributed by atoms with van der Waals surface area (Å²) in [5, 5.41) is 11.4. The number of ether oxygens (including phenoxy) is 1. The molecular weight excluding hydrogens is 304 g/mol. The van der Waals surface area contributed by atoms with E-state index < -0.39 is 5.63 Å². The zero-order chi connectivity index (χ0) is 16.7. The smallest absolute Gasteiger partial charge is 0.343 e. The third-order valence-electron chi connectivity index (χ3n) is 4.53.